The van der Waals surface area contributed by atoms with E-state index in [-0.39, 0.29) is 18.8 Å². The van der Waals surface area contributed by atoms with Gasteiger partial charge in [0.2, 0.25) is 0 Å². The number of ether oxygens (including phenoxy) is 2. The highest BCUT2D eigenvalue weighted by atomic mass is 16.6. The molecular formula is C15H17NO5. The predicted molar refractivity (Wildman–Crippen MR) is 72.7 cm³/mol. The number of carboxylic acids is 1. The number of hydrogen-bond acceptors (Lipinski definition) is 4. The smallest absolute Gasteiger partial charge is 0.411 e. The van der Waals surface area contributed by atoms with Crippen molar-refractivity contribution in [3.05, 3.63) is 35.9 Å². The van der Waals surface area contributed by atoms with Crippen molar-refractivity contribution >= 4 is 12.1 Å². The van der Waals surface area contributed by atoms with Crippen LogP contribution in [0.5, 0.6) is 0 Å². The number of nitrogens with zero attached hydrogens (tertiary/aromatic N) is 1. The Labute approximate surface area is 122 Å². The number of carbonyl (C=O) groups excluding carboxylic acids is 1. The summed E-state index contributed by atoms with van der Waals surface area (Å²) in [6.45, 7) is 0.699. The van der Waals surface area contributed by atoms with Crippen molar-refractivity contribution in [3.8, 4) is 0 Å². The summed E-state index contributed by atoms with van der Waals surface area (Å²) in [5, 5.41) is 9.27. The van der Waals surface area contributed by atoms with Crippen molar-refractivity contribution in [2.45, 2.75) is 37.6 Å². The summed E-state index contributed by atoms with van der Waals surface area (Å²) in [6.07, 6.45) is 0.231. The van der Waals surface area contributed by atoms with Crippen molar-refractivity contribution in [2.24, 2.45) is 0 Å². The standard InChI is InChI=1S/C15H17NO5/c17-14(18)12-8-13-11(6-7-20-13)16(12)15(19)21-9-10-4-2-1-3-5-10/h1-5,11-13H,6-9H2,(H,17,18)/t11-,12?,13-/m0/s1. The van der Waals surface area contributed by atoms with E-state index in [4.69, 9.17) is 9.47 Å². The fourth-order valence-corrected chi connectivity index (χ4v) is 3.02. The van der Waals surface area contributed by atoms with Gasteiger partial charge >= 0.3 is 12.1 Å². The Bertz CT molecular complexity index is 532. The van der Waals surface area contributed by atoms with E-state index in [0.29, 0.717) is 19.4 Å². The van der Waals surface area contributed by atoms with E-state index in [9.17, 15) is 14.7 Å². The van der Waals surface area contributed by atoms with Gasteiger partial charge in [-0.1, -0.05) is 30.3 Å². The molecule has 3 rings (SSSR count). The first-order valence-electron chi connectivity index (χ1n) is 7.00. The van der Waals surface area contributed by atoms with Gasteiger partial charge in [0, 0.05) is 13.0 Å². The largest absolute Gasteiger partial charge is 0.480 e. The van der Waals surface area contributed by atoms with E-state index in [1.807, 2.05) is 30.3 Å². The van der Waals surface area contributed by atoms with E-state index in [2.05, 4.69) is 0 Å². The van der Waals surface area contributed by atoms with Gasteiger partial charge in [-0.2, -0.15) is 0 Å². The molecule has 1 N–H and O–H groups in total. The molecular weight excluding hydrogens is 274 g/mol. The minimum Gasteiger partial charge on any atom is -0.480 e. The highest BCUT2D eigenvalue weighted by Gasteiger charge is 2.50. The maximum absolute atomic E-state index is 12.3. The van der Waals surface area contributed by atoms with Gasteiger partial charge in [-0.25, -0.2) is 9.59 Å². The van der Waals surface area contributed by atoms with Crippen molar-refractivity contribution in [1.82, 2.24) is 4.90 Å². The first-order valence-corrected chi connectivity index (χ1v) is 7.00. The summed E-state index contributed by atoms with van der Waals surface area (Å²) < 4.78 is 10.8. The molecule has 0 saturated carbocycles. The summed E-state index contributed by atoms with van der Waals surface area (Å²) in [5.41, 5.74) is 0.871. The lowest BCUT2D eigenvalue weighted by Gasteiger charge is -2.25. The van der Waals surface area contributed by atoms with Crippen LogP contribution in [-0.4, -0.2) is 46.9 Å². The van der Waals surface area contributed by atoms with E-state index in [0.717, 1.165) is 5.56 Å². The molecule has 6 nitrogen and oxygen atoms in total. The quantitative estimate of drug-likeness (QED) is 0.916. The molecule has 2 fully saturated rings. The fourth-order valence-electron chi connectivity index (χ4n) is 3.02. The van der Waals surface area contributed by atoms with Gasteiger partial charge in [-0.05, 0) is 12.0 Å². The van der Waals surface area contributed by atoms with Gasteiger partial charge in [0.15, 0.2) is 0 Å². The third kappa shape index (κ3) is 2.71. The highest BCUT2D eigenvalue weighted by molar-refractivity contribution is 5.81. The Kier molecular flexibility index (Phi) is 3.79. The van der Waals surface area contributed by atoms with Crippen LogP contribution in [0.1, 0.15) is 18.4 Å². The summed E-state index contributed by atoms with van der Waals surface area (Å²) in [5.74, 6) is -1.01. The van der Waals surface area contributed by atoms with E-state index in [1.54, 1.807) is 0 Å². The van der Waals surface area contributed by atoms with Crippen LogP contribution in [0.4, 0.5) is 4.79 Å². The minimum absolute atomic E-state index is 0.140. The summed E-state index contributed by atoms with van der Waals surface area (Å²) in [7, 11) is 0. The zero-order valence-electron chi connectivity index (χ0n) is 11.5. The molecule has 2 heterocycles. The molecule has 0 radical (unpaired) electrons. The average Bonchev–Trinajstić information content (AvgIpc) is 3.06. The Morgan fingerprint density at radius 1 is 1.33 bits per heavy atom. The van der Waals surface area contributed by atoms with Crippen LogP contribution in [0.3, 0.4) is 0 Å². The number of rotatable bonds is 3. The van der Waals surface area contributed by atoms with Gasteiger partial charge < -0.3 is 14.6 Å². The fraction of sp³-hybridized carbons (Fsp3) is 0.467. The molecule has 1 amide bonds. The van der Waals surface area contributed by atoms with Crippen molar-refractivity contribution in [3.63, 3.8) is 0 Å². The Balaban J connectivity index is 1.68. The number of benzene rings is 1. The molecule has 1 unspecified atom stereocenters. The van der Waals surface area contributed by atoms with Crippen molar-refractivity contribution in [2.75, 3.05) is 6.61 Å². The van der Waals surface area contributed by atoms with Gasteiger partial charge in [0.05, 0.1) is 12.1 Å². The van der Waals surface area contributed by atoms with Crippen LogP contribution in [0, 0.1) is 0 Å². The lowest BCUT2D eigenvalue weighted by atomic mass is 10.1. The SMILES string of the molecule is O=C(O)C1C[C@@H]2OCC[C@@H]2N1C(=O)OCc1ccccc1. The maximum atomic E-state index is 12.3. The molecule has 3 atom stereocenters. The topological polar surface area (TPSA) is 76.1 Å². The molecule has 1 aromatic rings. The average molecular weight is 291 g/mol. The van der Waals surface area contributed by atoms with Crippen LogP contribution < -0.4 is 0 Å². The summed E-state index contributed by atoms with van der Waals surface area (Å²) in [4.78, 5) is 24.9. The molecule has 1 aromatic carbocycles. The van der Waals surface area contributed by atoms with Gasteiger partial charge in [-0.3, -0.25) is 4.90 Å². The first-order chi connectivity index (χ1) is 10.2. The van der Waals surface area contributed by atoms with E-state index >= 15 is 0 Å². The zero-order valence-corrected chi connectivity index (χ0v) is 11.5. The van der Waals surface area contributed by atoms with Gasteiger partial charge in [-0.15, -0.1) is 0 Å². The molecule has 0 bridgehead atoms. The number of amides is 1. The van der Waals surface area contributed by atoms with E-state index in [1.165, 1.54) is 4.90 Å². The molecule has 112 valence electrons. The highest BCUT2D eigenvalue weighted by Crippen LogP contribution is 2.34. The second-order valence-electron chi connectivity index (χ2n) is 5.30. The molecule has 0 aromatic heterocycles. The second kappa shape index (κ2) is 5.73. The maximum Gasteiger partial charge on any atom is 0.411 e. The van der Waals surface area contributed by atoms with E-state index < -0.39 is 18.1 Å². The molecule has 2 saturated heterocycles. The molecule has 2 aliphatic rings. The summed E-state index contributed by atoms with van der Waals surface area (Å²) >= 11 is 0. The van der Waals surface area contributed by atoms with Crippen LogP contribution in [0.15, 0.2) is 30.3 Å². The van der Waals surface area contributed by atoms with Gasteiger partial charge in [0.1, 0.15) is 12.6 Å². The van der Waals surface area contributed by atoms with Crippen molar-refractivity contribution < 1.29 is 24.2 Å². The molecule has 0 aliphatic carbocycles. The third-order valence-electron chi connectivity index (χ3n) is 4.02. The van der Waals surface area contributed by atoms with Crippen LogP contribution in [0.25, 0.3) is 0 Å². The number of fused-ring (bicyclic) bond motifs is 1. The Morgan fingerprint density at radius 3 is 2.81 bits per heavy atom. The van der Waals surface area contributed by atoms with Crippen LogP contribution in [0.2, 0.25) is 0 Å². The molecule has 2 aliphatic heterocycles. The lowest BCUT2D eigenvalue weighted by Crippen LogP contribution is -2.45. The Hall–Kier alpha value is -2.08. The normalized spacial score (nSPS) is 27.4. The van der Waals surface area contributed by atoms with Crippen LogP contribution >= 0.6 is 0 Å². The summed E-state index contributed by atoms with van der Waals surface area (Å²) in [6, 6.07) is 8.27. The molecule has 6 heteroatoms. The van der Waals surface area contributed by atoms with Crippen LogP contribution in [-0.2, 0) is 20.9 Å². The zero-order chi connectivity index (χ0) is 14.8. The Morgan fingerprint density at radius 2 is 2.10 bits per heavy atom. The number of hydrogen-bond donors (Lipinski definition) is 1. The number of carbonyl (C=O) groups is 2. The minimum atomic E-state index is -1.01. The molecule has 0 spiro atoms. The third-order valence-corrected chi connectivity index (χ3v) is 4.02. The number of carboxylic acid groups (broad SMARTS) is 1. The van der Waals surface area contributed by atoms with Gasteiger partial charge in [0.25, 0.3) is 0 Å². The monoisotopic (exact) mass is 291 g/mol. The first kappa shape index (κ1) is 13.9. The van der Waals surface area contributed by atoms with Crippen molar-refractivity contribution in [1.29, 1.82) is 0 Å². The number of aliphatic carboxylic acids is 1. The lowest BCUT2D eigenvalue weighted by molar-refractivity contribution is -0.142. The number of likely N-dealkylation sites (tertiary alicyclic amines) is 1. The molecule has 21 heavy (non-hydrogen) atoms. The second-order valence-corrected chi connectivity index (χ2v) is 5.30. The predicted octanol–water partition coefficient (Wildman–Crippen LogP) is 1.64.